The number of nitrogens with one attached hydrogen (secondary N) is 1. The van der Waals surface area contributed by atoms with Crippen LogP contribution in [-0.2, 0) is 19.1 Å². The molecule has 3 aromatic rings. The van der Waals surface area contributed by atoms with Crippen LogP contribution >= 0.6 is 15.9 Å². The van der Waals surface area contributed by atoms with E-state index >= 15 is 0 Å². The number of para-hydroxylation sites is 1. The first-order valence-corrected chi connectivity index (χ1v) is 10.0. The zero-order valence-electron chi connectivity index (χ0n) is 16.4. The highest BCUT2D eigenvalue weighted by atomic mass is 79.9. The summed E-state index contributed by atoms with van der Waals surface area (Å²) in [5.74, 6) is -1.28. The first-order chi connectivity index (χ1) is 14.5. The van der Waals surface area contributed by atoms with Crippen molar-refractivity contribution in [1.82, 2.24) is 9.88 Å². The number of esters is 2. The number of aromatic amines is 1. The minimum atomic E-state index is -0.642. The van der Waals surface area contributed by atoms with Gasteiger partial charge in [0.15, 0.2) is 0 Å². The fourth-order valence-electron chi connectivity index (χ4n) is 3.73. The van der Waals surface area contributed by atoms with Gasteiger partial charge in [-0.05, 0) is 33.1 Å². The van der Waals surface area contributed by atoms with E-state index in [2.05, 4.69) is 20.9 Å². The molecule has 1 aliphatic heterocycles. The van der Waals surface area contributed by atoms with Gasteiger partial charge in [-0.3, -0.25) is 0 Å². The van der Waals surface area contributed by atoms with Crippen LogP contribution in [0.3, 0.4) is 0 Å². The van der Waals surface area contributed by atoms with Crippen LogP contribution in [0.2, 0.25) is 0 Å². The topological polar surface area (TPSA) is 71.6 Å². The lowest BCUT2D eigenvalue weighted by molar-refractivity contribution is -0.139. The fourth-order valence-corrected chi connectivity index (χ4v) is 4.31. The smallest absolute Gasteiger partial charge is 0.354 e. The lowest BCUT2D eigenvalue weighted by Crippen LogP contribution is -2.32. The van der Waals surface area contributed by atoms with Crippen LogP contribution in [-0.4, -0.2) is 36.0 Å². The van der Waals surface area contributed by atoms with Crippen molar-refractivity contribution >= 4 is 43.3 Å². The van der Waals surface area contributed by atoms with Crippen LogP contribution in [0.25, 0.3) is 15.4 Å². The number of hydrogen-bond donors (Lipinski definition) is 1. The molecule has 1 unspecified atom stereocenters. The van der Waals surface area contributed by atoms with E-state index in [0.717, 1.165) is 38.2 Å². The summed E-state index contributed by atoms with van der Waals surface area (Å²) in [4.78, 5) is 29.8. The normalized spacial score (nSPS) is 16.1. The van der Waals surface area contributed by atoms with Gasteiger partial charge in [0.05, 0.1) is 26.3 Å². The van der Waals surface area contributed by atoms with Crippen molar-refractivity contribution in [3.63, 3.8) is 0 Å². The van der Waals surface area contributed by atoms with Gasteiger partial charge in [-0.2, -0.15) is 0 Å². The van der Waals surface area contributed by atoms with E-state index in [0.29, 0.717) is 0 Å². The first kappa shape index (κ1) is 20.0. The molecule has 6 nitrogen and oxygen atoms in total. The van der Waals surface area contributed by atoms with Gasteiger partial charge < -0.3 is 19.4 Å². The number of H-pyrrole nitrogens is 1. The van der Waals surface area contributed by atoms with Crippen molar-refractivity contribution in [2.45, 2.75) is 6.04 Å². The molecule has 0 aliphatic carbocycles. The zero-order chi connectivity index (χ0) is 21.3. The van der Waals surface area contributed by atoms with Crippen molar-refractivity contribution in [3.8, 4) is 0 Å². The van der Waals surface area contributed by atoms with Crippen molar-refractivity contribution in [2.24, 2.45) is 0 Å². The molecule has 2 heterocycles. The Morgan fingerprint density at radius 1 is 1.03 bits per heavy atom. The number of rotatable bonds is 4. The van der Waals surface area contributed by atoms with Crippen molar-refractivity contribution in [3.05, 3.63) is 89.4 Å². The van der Waals surface area contributed by atoms with E-state index in [9.17, 15) is 9.59 Å². The maximum absolute atomic E-state index is 12.7. The number of ether oxygens (including phenoxy) is 2. The van der Waals surface area contributed by atoms with Crippen LogP contribution < -0.4 is 0 Å². The number of aromatic nitrogens is 1. The van der Waals surface area contributed by atoms with Crippen molar-refractivity contribution in [1.29, 1.82) is 0 Å². The summed E-state index contributed by atoms with van der Waals surface area (Å²) < 4.78 is 10.5. The van der Waals surface area contributed by atoms with Gasteiger partial charge in [-0.15, -0.1) is 0 Å². The van der Waals surface area contributed by atoms with E-state index in [1.54, 1.807) is 11.1 Å². The average Bonchev–Trinajstić information content (AvgIpc) is 3.20. The number of benzene rings is 2. The Labute approximate surface area is 181 Å². The highest BCUT2D eigenvalue weighted by Gasteiger charge is 2.34. The molecule has 4 rings (SSSR count). The Morgan fingerprint density at radius 2 is 1.77 bits per heavy atom. The number of hydrogen-bond acceptors (Lipinski definition) is 5. The number of methoxy groups -OCH3 is 2. The number of carbonyl (C=O) groups excluding carboxylic acids is 2. The Balaban J connectivity index is 1.98. The second-order valence-electron chi connectivity index (χ2n) is 6.71. The molecule has 1 atom stereocenters. The molecular weight excluding hydrogens is 448 g/mol. The van der Waals surface area contributed by atoms with Crippen LogP contribution in [0.15, 0.2) is 72.7 Å². The van der Waals surface area contributed by atoms with Gasteiger partial charge in [0.25, 0.3) is 0 Å². The standard InChI is InChI=1S/C23H19BrN2O4/c1-29-21(27)11-20(23(28)30-2)26-13-18(24)14-7-3-4-9-16(14)22(26)17-12-25-19-10-6-5-8-15(17)19/h3-13,22,25H,1-2H3/b20-11+. The Kier molecular flexibility index (Phi) is 5.46. The molecule has 7 heteroatoms. The highest BCUT2D eigenvalue weighted by molar-refractivity contribution is 9.15. The molecule has 1 N–H and O–H groups in total. The Hall–Kier alpha value is -3.32. The van der Waals surface area contributed by atoms with Crippen LogP contribution in [0.4, 0.5) is 0 Å². The Bertz CT molecular complexity index is 1190. The lowest BCUT2D eigenvalue weighted by atomic mass is 9.90. The molecule has 0 radical (unpaired) electrons. The van der Waals surface area contributed by atoms with Gasteiger partial charge in [0.2, 0.25) is 0 Å². The predicted molar refractivity (Wildman–Crippen MR) is 117 cm³/mol. The highest BCUT2D eigenvalue weighted by Crippen LogP contribution is 2.44. The fraction of sp³-hybridized carbons (Fsp3) is 0.130. The van der Waals surface area contributed by atoms with E-state index in [4.69, 9.17) is 9.47 Å². The van der Waals surface area contributed by atoms with E-state index < -0.39 is 11.9 Å². The molecule has 1 aliphatic rings. The minimum Gasteiger partial charge on any atom is -0.466 e. The molecule has 30 heavy (non-hydrogen) atoms. The van der Waals surface area contributed by atoms with Gasteiger partial charge in [0, 0.05) is 33.3 Å². The molecular formula is C23H19BrN2O4. The summed E-state index contributed by atoms with van der Waals surface area (Å²) in [5, 5.41) is 1.02. The second kappa shape index (κ2) is 8.20. The molecule has 0 fully saturated rings. The van der Waals surface area contributed by atoms with Crippen molar-refractivity contribution in [2.75, 3.05) is 14.2 Å². The summed E-state index contributed by atoms with van der Waals surface area (Å²) >= 11 is 3.61. The lowest BCUT2D eigenvalue weighted by Gasteiger charge is -2.36. The maximum Gasteiger partial charge on any atom is 0.354 e. The number of fused-ring (bicyclic) bond motifs is 2. The monoisotopic (exact) mass is 466 g/mol. The molecule has 0 bridgehead atoms. The molecule has 0 spiro atoms. The third-order valence-corrected chi connectivity index (χ3v) is 5.72. The average molecular weight is 467 g/mol. The van der Waals surface area contributed by atoms with Gasteiger partial charge in [-0.1, -0.05) is 42.5 Å². The maximum atomic E-state index is 12.7. The number of nitrogens with zero attached hydrogens (tertiary/aromatic N) is 1. The third-order valence-electron chi connectivity index (χ3n) is 5.09. The SMILES string of the molecule is COC(=O)/C=C(\C(=O)OC)N1C=C(Br)c2ccccc2C1c1c[nH]c2ccccc12. The Morgan fingerprint density at radius 3 is 2.53 bits per heavy atom. The van der Waals surface area contributed by atoms with Gasteiger partial charge in [-0.25, -0.2) is 9.59 Å². The second-order valence-corrected chi connectivity index (χ2v) is 7.56. The quantitative estimate of drug-likeness (QED) is 0.452. The number of halogens is 1. The van der Waals surface area contributed by atoms with E-state index in [1.165, 1.54) is 14.2 Å². The zero-order valence-corrected chi connectivity index (χ0v) is 18.0. The summed E-state index contributed by atoms with van der Waals surface area (Å²) in [6.07, 6.45) is 4.87. The molecule has 1 aromatic heterocycles. The number of carbonyl (C=O) groups is 2. The van der Waals surface area contributed by atoms with Gasteiger partial charge >= 0.3 is 11.9 Å². The summed E-state index contributed by atoms with van der Waals surface area (Å²) in [7, 11) is 2.55. The first-order valence-electron chi connectivity index (χ1n) is 9.24. The van der Waals surface area contributed by atoms with E-state index in [-0.39, 0.29) is 11.7 Å². The molecule has 152 valence electrons. The van der Waals surface area contributed by atoms with E-state index in [1.807, 2.05) is 54.7 Å². The van der Waals surface area contributed by atoms with Gasteiger partial charge in [0.1, 0.15) is 5.70 Å². The summed E-state index contributed by atoms with van der Waals surface area (Å²) in [6, 6.07) is 15.5. The summed E-state index contributed by atoms with van der Waals surface area (Å²) in [6.45, 7) is 0. The predicted octanol–water partition coefficient (Wildman–Crippen LogP) is 4.50. The minimum absolute atomic E-state index is 0.0751. The molecule has 0 amide bonds. The largest absolute Gasteiger partial charge is 0.466 e. The van der Waals surface area contributed by atoms with Crippen LogP contribution in [0.5, 0.6) is 0 Å². The molecule has 0 saturated carbocycles. The third kappa shape index (κ3) is 3.41. The van der Waals surface area contributed by atoms with Crippen molar-refractivity contribution < 1.29 is 19.1 Å². The van der Waals surface area contributed by atoms with Crippen LogP contribution in [0, 0.1) is 0 Å². The molecule has 2 aromatic carbocycles. The van der Waals surface area contributed by atoms with Crippen LogP contribution in [0.1, 0.15) is 22.7 Å². The summed E-state index contributed by atoms with van der Waals surface area (Å²) in [5.41, 5.74) is 4.01. The molecule has 0 saturated heterocycles.